The van der Waals surface area contributed by atoms with Gasteiger partial charge >= 0.3 is 5.97 Å². The highest BCUT2D eigenvalue weighted by molar-refractivity contribution is 5.98. The minimum Gasteiger partial charge on any atom is -0.508 e. The fourth-order valence-electron chi connectivity index (χ4n) is 11.4. The number of phenolic OH excluding ortho intramolecular Hbond substituents is 2. The van der Waals surface area contributed by atoms with Crippen molar-refractivity contribution in [1.29, 1.82) is 0 Å². The van der Waals surface area contributed by atoms with Crippen LogP contribution in [-0.4, -0.2) is 114 Å². The van der Waals surface area contributed by atoms with Gasteiger partial charge in [0.05, 0.1) is 30.8 Å². The van der Waals surface area contributed by atoms with Gasteiger partial charge in [-0.3, -0.25) is 9.59 Å². The lowest BCUT2D eigenvalue weighted by atomic mass is 9.98. The molecule has 0 spiro atoms. The van der Waals surface area contributed by atoms with Gasteiger partial charge in [0.2, 0.25) is 0 Å². The van der Waals surface area contributed by atoms with E-state index in [1.54, 1.807) is 30.0 Å². The van der Waals surface area contributed by atoms with E-state index in [1.165, 1.54) is 17.2 Å². The van der Waals surface area contributed by atoms with Crippen molar-refractivity contribution in [1.82, 2.24) is 24.9 Å². The summed E-state index contributed by atoms with van der Waals surface area (Å²) in [6.45, 7) is 30.0. The Bertz CT molecular complexity index is 4050. The molecule has 0 fully saturated rings. The molecule has 3 aliphatic heterocycles. The molecule has 98 heavy (non-hydrogen) atoms. The van der Waals surface area contributed by atoms with Crippen molar-refractivity contribution < 1.29 is 53.4 Å². The molecule has 0 aliphatic carbocycles. The number of aromatic carboxylic acids is 1. The number of aryl methyl sites for hydroxylation is 2. The Kier molecular flexibility index (Phi) is 27.7. The summed E-state index contributed by atoms with van der Waals surface area (Å²) in [6, 6.07) is 48.2. The van der Waals surface area contributed by atoms with Gasteiger partial charge < -0.3 is 63.9 Å². The number of likely N-dealkylation sites (N-methyl/N-ethyl adjacent to an activating group) is 2. The Balaban J connectivity index is 0.000000193. The molecule has 0 aromatic heterocycles. The Morgan fingerprint density at radius 3 is 1.39 bits per heavy atom. The first kappa shape index (κ1) is 75.5. The fraction of sp³-hybridized carbons (Fsp3) is 0.329. The van der Waals surface area contributed by atoms with Crippen LogP contribution in [0.4, 0.5) is 0 Å². The van der Waals surface area contributed by atoms with Crippen molar-refractivity contribution in [3.63, 3.8) is 0 Å². The van der Waals surface area contributed by atoms with Crippen molar-refractivity contribution >= 4 is 28.9 Å². The van der Waals surface area contributed by atoms with Crippen molar-refractivity contribution in [3.8, 4) is 40.2 Å². The number of carboxylic acids is 1. The highest BCUT2D eigenvalue weighted by atomic mass is 16.5. The molecule has 16 heteroatoms. The van der Waals surface area contributed by atoms with Crippen molar-refractivity contribution in [2.75, 3.05) is 61.1 Å². The number of allylic oxidation sites excluding steroid dienone is 2. The molecule has 16 nitrogen and oxygen atoms in total. The quantitative estimate of drug-likeness (QED) is 0.0474. The number of rotatable bonds is 23. The van der Waals surface area contributed by atoms with E-state index in [1.807, 2.05) is 171 Å². The maximum atomic E-state index is 13.6. The van der Waals surface area contributed by atoms with Crippen LogP contribution in [0.2, 0.25) is 0 Å². The third-order valence-electron chi connectivity index (χ3n) is 16.9. The predicted molar refractivity (Wildman–Crippen MR) is 392 cm³/mol. The number of hydrogen-bond donors (Lipinski definition) is 4. The van der Waals surface area contributed by atoms with Gasteiger partial charge in [-0.15, -0.1) is 0 Å². The number of nitrogens with one attached hydrogen (secondary N) is 1. The molecule has 8 aromatic carbocycles. The standard InChI is InChI=1S/C30H34N2O3.C22H28N2O4.C18H18O3.C11H15NO.CH4/c1-21(2)25-17-26(22(3)16-29(25)35-20-23-10-7-6-8-11-23)30(33)32-18-24-12-9-13-28(27(24)19-32)34-15-14-31(4)5;1-14(2)16-10-17(20(26)11-19(16)25)22(27)24-12-15-6-5-7-21(18(15)13-24)28-9-8-23(3)4;1-12(2)15-10-16(18(19)20)13(3)9-17(15)21-11-14-7-5-4-6-8-14;1-2-6-13-11-5-3-4-9-7-12-8-10(9)11;/h6-13,16-17H,1,14-15,18-20H2,2-5H3;5-7,10-11,14,25-26H,8-9,12-13H2,1-4H3;4-10H,1,11H2,2-3H3,(H,19,20);3-5,12H,2,6-8H2,1H3;1H4. The summed E-state index contributed by atoms with van der Waals surface area (Å²) >= 11 is 0. The van der Waals surface area contributed by atoms with E-state index in [9.17, 15) is 29.7 Å². The summed E-state index contributed by atoms with van der Waals surface area (Å²) in [6.07, 6.45) is 1.07. The number of carboxylic acid groups (broad SMARTS) is 1. The molecule has 3 heterocycles. The second-order valence-corrected chi connectivity index (χ2v) is 25.6. The molecule has 0 unspecified atom stereocenters. The van der Waals surface area contributed by atoms with E-state index in [2.05, 4.69) is 59.5 Å². The van der Waals surface area contributed by atoms with Crippen LogP contribution < -0.4 is 29.0 Å². The zero-order valence-electron chi connectivity index (χ0n) is 58.2. The maximum Gasteiger partial charge on any atom is 0.335 e. The summed E-state index contributed by atoms with van der Waals surface area (Å²) in [7, 11) is 8.04. The minimum atomic E-state index is -0.940. The first-order chi connectivity index (χ1) is 46.5. The van der Waals surface area contributed by atoms with Gasteiger partial charge in [-0.05, 0) is 172 Å². The monoisotopic (exact) mass is 1330 g/mol. The van der Waals surface area contributed by atoms with Crippen LogP contribution in [0.1, 0.15) is 158 Å². The van der Waals surface area contributed by atoms with E-state index in [0.29, 0.717) is 75.0 Å². The normalized spacial score (nSPS) is 12.3. The van der Waals surface area contributed by atoms with Crippen LogP contribution in [0.25, 0.3) is 11.1 Å². The summed E-state index contributed by atoms with van der Waals surface area (Å²) in [5, 5.41) is 32.8. The first-order valence-corrected chi connectivity index (χ1v) is 33.0. The number of amides is 2. The average molecular weight is 1330 g/mol. The van der Waals surface area contributed by atoms with Crippen LogP contribution in [0, 0.1) is 13.8 Å². The SMILES string of the molecule is C.C=C(C)c1cc(C(=O)N2Cc3cccc(OCCN(C)C)c3C2)c(C)cc1OCc1ccccc1.C=C(C)c1cc(C(=O)O)c(C)cc1OCc1ccccc1.CC(C)c1cc(C(=O)N2Cc3cccc(OCCN(C)C)c3C2)c(O)cc1O.CCCOc1cccc2c1CNC2. The lowest BCUT2D eigenvalue weighted by Crippen LogP contribution is -2.26. The van der Waals surface area contributed by atoms with Crippen LogP contribution in [0.3, 0.4) is 0 Å². The van der Waals surface area contributed by atoms with Crippen LogP contribution in [-0.2, 0) is 52.5 Å². The molecule has 0 saturated carbocycles. The lowest BCUT2D eigenvalue weighted by molar-refractivity contribution is 0.0693. The second kappa shape index (κ2) is 35.9. The average Bonchev–Trinajstić information content (AvgIpc) is 1.48. The molecular formula is C82H99N5O11. The number of hydrogen-bond acceptors (Lipinski definition) is 13. The summed E-state index contributed by atoms with van der Waals surface area (Å²) in [4.78, 5) is 45.6. The number of fused-ring (bicyclic) bond motifs is 3. The molecule has 2 amide bonds. The lowest BCUT2D eigenvalue weighted by Gasteiger charge is -2.20. The molecule has 518 valence electrons. The van der Waals surface area contributed by atoms with Crippen LogP contribution in [0.15, 0.2) is 165 Å². The Hall–Kier alpha value is -9.87. The van der Waals surface area contributed by atoms with Gasteiger partial charge in [-0.25, -0.2) is 4.79 Å². The topological polar surface area (TPSA) is 183 Å². The Labute approximate surface area is 580 Å². The van der Waals surface area contributed by atoms with Gasteiger partial charge in [-0.2, -0.15) is 0 Å². The van der Waals surface area contributed by atoms with Crippen LogP contribution >= 0.6 is 0 Å². The number of ether oxygens (including phenoxy) is 5. The summed E-state index contributed by atoms with van der Waals surface area (Å²) in [5.41, 5.74) is 15.8. The Morgan fingerprint density at radius 2 is 0.939 bits per heavy atom. The maximum absolute atomic E-state index is 13.6. The van der Waals surface area contributed by atoms with Crippen molar-refractivity contribution in [2.24, 2.45) is 0 Å². The van der Waals surface area contributed by atoms with Crippen molar-refractivity contribution in [3.05, 3.63) is 254 Å². The van der Waals surface area contributed by atoms with E-state index in [0.717, 1.165) is 123 Å². The van der Waals surface area contributed by atoms with E-state index < -0.39 is 5.97 Å². The highest BCUT2D eigenvalue weighted by Crippen LogP contribution is 2.39. The van der Waals surface area contributed by atoms with Gasteiger partial charge in [0, 0.05) is 78.7 Å². The van der Waals surface area contributed by atoms with Gasteiger partial charge in [-0.1, -0.05) is 138 Å². The Morgan fingerprint density at radius 1 is 0.500 bits per heavy atom. The minimum absolute atomic E-state index is 0. The number of carbonyl (C=O) groups excluding carboxylic acids is 2. The predicted octanol–water partition coefficient (Wildman–Crippen LogP) is 16.0. The summed E-state index contributed by atoms with van der Waals surface area (Å²) in [5.74, 6) is 2.79. The van der Waals surface area contributed by atoms with Crippen LogP contribution in [0.5, 0.6) is 40.2 Å². The smallest absolute Gasteiger partial charge is 0.335 e. The highest BCUT2D eigenvalue weighted by Gasteiger charge is 2.31. The number of aromatic hydroxyl groups is 2. The molecule has 0 atom stereocenters. The van der Waals surface area contributed by atoms with Gasteiger partial charge in [0.25, 0.3) is 11.8 Å². The van der Waals surface area contributed by atoms with E-state index >= 15 is 0 Å². The largest absolute Gasteiger partial charge is 0.508 e. The van der Waals surface area contributed by atoms with E-state index in [4.69, 9.17) is 23.7 Å². The van der Waals surface area contributed by atoms with Crippen molar-refractivity contribution in [2.45, 2.75) is 121 Å². The second-order valence-electron chi connectivity index (χ2n) is 25.6. The number of nitrogens with zero attached hydrogens (tertiary/aromatic N) is 4. The molecule has 4 N–H and O–H groups in total. The molecule has 11 rings (SSSR count). The molecule has 3 aliphatic rings. The third-order valence-corrected chi connectivity index (χ3v) is 16.9. The fourth-order valence-corrected chi connectivity index (χ4v) is 11.4. The van der Waals surface area contributed by atoms with E-state index in [-0.39, 0.29) is 47.8 Å². The summed E-state index contributed by atoms with van der Waals surface area (Å²) < 4.78 is 29.6. The molecule has 0 radical (unpaired) electrons. The molecular weight excluding hydrogens is 1230 g/mol. The number of phenols is 2. The van der Waals surface area contributed by atoms with Gasteiger partial charge in [0.1, 0.15) is 66.7 Å². The molecule has 0 bridgehead atoms. The first-order valence-electron chi connectivity index (χ1n) is 33.0. The zero-order valence-corrected chi connectivity index (χ0v) is 58.2. The molecule has 0 saturated heterocycles. The number of carbonyl (C=O) groups is 3. The number of benzene rings is 8. The molecule has 8 aromatic rings. The third kappa shape index (κ3) is 20.1. The van der Waals surface area contributed by atoms with Gasteiger partial charge in [0.15, 0.2) is 0 Å². The zero-order chi connectivity index (χ0) is 69.9.